The van der Waals surface area contributed by atoms with E-state index in [1.807, 2.05) is 25.1 Å². The second-order valence-electron chi connectivity index (χ2n) is 9.75. The highest BCUT2D eigenvalue weighted by Crippen LogP contribution is 2.33. The summed E-state index contributed by atoms with van der Waals surface area (Å²) in [5, 5.41) is 6.09. The van der Waals surface area contributed by atoms with Gasteiger partial charge in [0.1, 0.15) is 12.0 Å². The summed E-state index contributed by atoms with van der Waals surface area (Å²) < 4.78 is 16.2. The Balaban J connectivity index is 1.49. The summed E-state index contributed by atoms with van der Waals surface area (Å²) in [6.07, 6.45) is 5.03. The topological polar surface area (TPSA) is 115 Å². The van der Waals surface area contributed by atoms with Crippen LogP contribution in [0.5, 0.6) is 0 Å². The van der Waals surface area contributed by atoms with Gasteiger partial charge in [0, 0.05) is 23.4 Å². The van der Waals surface area contributed by atoms with Crippen LogP contribution >= 0.6 is 11.6 Å². The number of benzene rings is 2. The quantitative estimate of drug-likeness (QED) is 0.279. The molecule has 39 heavy (non-hydrogen) atoms. The fourth-order valence-corrected chi connectivity index (χ4v) is 4.99. The summed E-state index contributed by atoms with van der Waals surface area (Å²) in [6.45, 7) is 3.58. The Morgan fingerprint density at radius 3 is 2.82 bits per heavy atom. The summed E-state index contributed by atoms with van der Waals surface area (Å²) in [5.41, 5.74) is 10.2. The molecule has 5 rings (SSSR count). The van der Waals surface area contributed by atoms with Crippen LogP contribution in [0.4, 0.5) is 15.8 Å². The number of pyridine rings is 1. The molecule has 0 radical (unpaired) electrons. The zero-order chi connectivity index (χ0) is 27.7. The number of nitrogens with zero attached hydrogens (tertiary/aromatic N) is 3. The van der Waals surface area contributed by atoms with Crippen molar-refractivity contribution in [2.45, 2.75) is 39.2 Å². The van der Waals surface area contributed by atoms with Crippen molar-refractivity contribution in [1.29, 1.82) is 0 Å². The van der Waals surface area contributed by atoms with Crippen molar-refractivity contribution in [1.82, 2.24) is 19.9 Å². The first-order chi connectivity index (χ1) is 18.7. The third kappa shape index (κ3) is 5.35. The zero-order valence-corrected chi connectivity index (χ0v) is 22.3. The molecule has 1 aliphatic rings. The van der Waals surface area contributed by atoms with Gasteiger partial charge in [-0.1, -0.05) is 31.0 Å². The Bertz CT molecular complexity index is 1570. The van der Waals surface area contributed by atoms with Gasteiger partial charge in [-0.25, -0.2) is 9.37 Å². The molecule has 1 aliphatic heterocycles. The molecule has 3 heterocycles. The van der Waals surface area contributed by atoms with Crippen molar-refractivity contribution >= 4 is 34.8 Å². The minimum Gasteiger partial charge on any atom is -0.399 e. The molecule has 10 heteroatoms. The van der Waals surface area contributed by atoms with Gasteiger partial charge in [-0.05, 0) is 67.8 Å². The van der Waals surface area contributed by atoms with E-state index in [1.54, 1.807) is 37.4 Å². The van der Waals surface area contributed by atoms with Crippen LogP contribution in [-0.4, -0.2) is 26.3 Å². The second-order valence-corrected chi connectivity index (χ2v) is 10.2. The molecule has 0 saturated heterocycles. The van der Waals surface area contributed by atoms with Crippen LogP contribution in [0.2, 0.25) is 5.02 Å². The standard InChI is InChI=1S/C29H28ClFN6O2/c1-16-5-3-7-22(18-11-12-33-23(13-18)20-10-9-19(32)14-24(20)36-28(16)38)35-29(39)27-17(2)37(15-34-27)25-8-4-6-21(30)26(25)31/h4,6,8-16,22H,3,5,7,32H2,1-2H3,(H,35,39)(H,36,38)/t16-,22+/m1/s1. The summed E-state index contributed by atoms with van der Waals surface area (Å²) >= 11 is 5.96. The van der Waals surface area contributed by atoms with Crippen LogP contribution in [0, 0.1) is 18.7 Å². The van der Waals surface area contributed by atoms with Crippen molar-refractivity contribution in [3.63, 3.8) is 0 Å². The fourth-order valence-electron chi connectivity index (χ4n) is 4.82. The van der Waals surface area contributed by atoms with Crippen molar-refractivity contribution in [3.05, 3.63) is 88.8 Å². The maximum Gasteiger partial charge on any atom is 0.272 e. The van der Waals surface area contributed by atoms with Gasteiger partial charge < -0.3 is 16.4 Å². The first kappa shape index (κ1) is 26.4. The van der Waals surface area contributed by atoms with Crippen molar-refractivity contribution < 1.29 is 14.0 Å². The number of nitrogens with two attached hydrogens (primary N) is 1. The number of anilines is 2. The average Bonchev–Trinajstić information content (AvgIpc) is 3.30. The molecule has 2 bridgehead atoms. The third-order valence-electron chi connectivity index (χ3n) is 7.06. The van der Waals surface area contributed by atoms with E-state index < -0.39 is 5.82 Å². The number of carbonyl (C=O) groups excluding carboxylic acids is 2. The number of imidazole rings is 1. The lowest BCUT2D eigenvalue weighted by molar-refractivity contribution is -0.119. The Morgan fingerprint density at radius 1 is 1.18 bits per heavy atom. The maximum atomic E-state index is 14.7. The smallest absolute Gasteiger partial charge is 0.272 e. The van der Waals surface area contributed by atoms with Gasteiger partial charge in [0.2, 0.25) is 5.91 Å². The van der Waals surface area contributed by atoms with E-state index in [-0.39, 0.29) is 40.2 Å². The Labute approximate surface area is 230 Å². The molecule has 4 N–H and O–H groups in total. The highest BCUT2D eigenvalue weighted by atomic mass is 35.5. The number of nitrogens with one attached hydrogen (secondary N) is 2. The van der Waals surface area contributed by atoms with E-state index in [1.165, 1.54) is 17.0 Å². The lowest BCUT2D eigenvalue weighted by Crippen LogP contribution is -2.30. The number of nitrogen functional groups attached to an aromatic ring is 1. The van der Waals surface area contributed by atoms with Crippen LogP contribution in [0.3, 0.4) is 0 Å². The number of rotatable bonds is 3. The van der Waals surface area contributed by atoms with Gasteiger partial charge in [0.25, 0.3) is 5.91 Å². The van der Waals surface area contributed by atoms with Crippen LogP contribution in [0.15, 0.2) is 61.1 Å². The molecular formula is C29H28ClFN6O2. The minimum atomic E-state index is -0.588. The highest BCUT2D eigenvalue weighted by Gasteiger charge is 2.24. The number of carbonyl (C=O) groups is 2. The number of hydrogen-bond donors (Lipinski definition) is 3. The first-order valence-electron chi connectivity index (χ1n) is 12.7. The predicted molar refractivity (Wildman–Crippen MR) is 149 cm³/mol. The fraction of sp³-hybridized carbons (Fsp3) is 0.241. The van der Waals surface area contributed by atoms with E-state index in [0.717, 1.165) is 11.1 Å². The van der Waals surface area contributed by atoms with Crippen LogP contribution in [-0.2, 0) is 4.79 Å². The van der Waals surface area contributed by atoms with E-state index >= 15 is 0 Å². The van der Waals surface area contributed by atoms with Crippen molar-refractivity contribution in [3.8, 4) is 16.9 Å². The second kappa shape index (κ2) is 10.9. The number of fused-ring (bicyclic) bond motifs is 4. The van der Waals surface area contributed by atoms with E-state index in [9.17, 15) is 14.0 Å². The molecular weight excluding hydrogens is 519 g/mol. The third-order valence-corrected chi connectivity index (χ3v) is 7.35. The minimum absolute atomic E-state index is 0.0134. The van der Waals surface area contributed by atoms with Crippen molar-refractivity contribution in [2.24, 2.45) is 5.92 Å². The molecule has 0 spiro atoms. The summed E-state index contributed by atoms with van der Waals surface area (Å²) in [7, 11) is 0. The molecule has 200 valence electrons. The van der Waals surface area contributed by atoms with E-state index in [4.69, 9.17) is 17.3 Å². The lowest BCUT2D eigenvalue weighted by Gasteiger charge is -2.22. The van der Waals surface area contributed by atoms with Gasteiger partial charge in [0.15, 0.2) is 5.82 Å². The molecule has 0 unspecified atom stereocenters. The Hall–Kier alpha value is -4.24. The number of amides is 2. The zero-order valence-electron chi connectivity index (χ0n) is 21.5. The molecule has 2 atom stereocenters. The van der Waals surface area contributed by atoms with E-state index in [0.29, 0.717) is 42.0 Å². The SMILES string of the molecule is Cc1c(C(=O)N[C@H]2CCC[C@@H](C)C(=O)Nc3cc(N)ccc3-c3cc2ccn3)ncn1-c1cccc(Cl)c1F. The van der Waals surface area contributed by atoms with Gasteiger partial charge >= 0.3 is 0 Å². The molecule has 4 aromatic rings. The lowest BCUT2D eigenvalue weighted by atomic mass is 9.94. The molecule has 0 aliphatic carbocycles. The Kier molecular flexibility index (Phi) is 7.34. The van der Waals surface area contributed by atoms with Gasteiger partial charge in [-0.15, -0.1) is 0 Å². The van der Waals surface area contributed by atoms with Gasteiger partial charge in [-0.2, -0.15) is 0 Å². The number of hydrogen-bond acceptors (Lipinski definition) is 5. The molecule has 0 saturated carbocycles. The predicted octanol–water partition coefficient (Wildman–Crippen LogP) is 5.85. The van der Waals surface area contributed by atoms with Crippen LogP contribution < -0.4 is 16.4 Å². The molecule has 2 aromatic heterocycles. The average molecular weight is 547 g/mol. The van der Waals surface area contributed by atoms with Gasteiger partial charge in [0.05, 0.1) is 33.8 Å². The number of aromatic nitrogens is 3. The number of halogens is 2. The highest BCUT2D eigenvalue weighted by molar-refractivity contribution is 6.30. The normalized spacial score (nSPS) is 17.4. The van der Waals surface area contributed by atoms with Crippen molar-refractivity contribution in [2.75, 3.05) is 11.1 Å². The van der Waals surface area contributed by atoms with Crippen LogP contribution in [0.25, 0.3) is 16.9 Å². The monoisotopic (exact) mass is 546 g/mol. The molecule has 2 aromatic carbocycles. The maximum absolute atomic E-state index is 14.7. The van der Waals surface area contributed by atoms with Gasteiger partial charge in [-0.3, -0.25) is 19.1 Å². The molecule has 0 fully saturated rings. The summed E-state index contributed by atoms with van der Waals surface area (Å²) in [6, 6.07) is 13.4. The largest absolute Gasteiger partial charge is 0.399 e. The summed E-state index contributed by atoms with van der Waals surface area (Å²) in [5.74, 6) is -1.32. The molecule has 8 nitrogen and oxygen atoms in total. The van der Waals surface area contributed by atoms with Crippen LogP contribution in [0.1, 0.15) is 54.0 Å². The molecule has 2 amide bonds. The first-order valence-corrected chi connectivity index (χ1v) is 13.1. The Morgan fingerprint density at radius 2 is 2.00 bits per heavy atom. The summed E-state index contributed by atoms with van der Waals surface area (Å²) in [4.78, 5) is 35.1. The van der Waals surface area contributed by atoms with E-state index in [2.05, 4.69) is 20.6 Å².